The van der Waals surface area contributed by atoms with Crippen LogP contribution >= 0.6 is 7.60 Å². The fourth-order valence-corrected chi connectivity index (χ4v) is 1.15. The van der Waals surface area contributed by atoms with Crippen LogP contribution in [0, 0.1) is 0 Å². The lowest BCUT2D eigenvalue weighted by atomic mass is 10.3. The summed E-state index contributed by atoms with van der Waals surface area (Å²) in [4.78, 5) is 20.4. The second-order valence-corrected chi connectivity index (χ2v) is 4.14. The minimum atomic E-state index is -4.27. The monoisotopic (exact) mass is 150 g/mol. The summed E-state index contributed by atoms with van der Waals surface area (Å²) in [6.45, 7) is 3.30. The number of hydrogen-bond donors (Lipinski definition) is 0. The van der Waals surface area contributed by atoms with Gasteiger partial charge in [-0.2, -0.15) is 0 Å². The zero-order valence-corrected chi connectivity index (χ0v) is 6.56. The second kappa shape index (κ2) is 3.35. The highest BCUT2D eigenvalue weighted by Gasteiger charge is 2.02. The van der Waals surface area contributed by atoms with Crippen molar-refractivity contribution in [1.29, 1.82) is 0 Å². The van der Waals surface area contributed by atoms with Crippen LogP contribution in [0.5, 0.6) is 0 Å². The van der Waals surface area contributed by atoms with Crippen LogP contribution in [-0.2, 0) is 4.57 Å². The Morgan fingerprint density at radius 2 is 2.00 bits per heavy atom. The molecular formula is C5H11O3P-2. The third-order valence-electron chi connectivity index (χ3n) is 1.25. The molecule has 0 bridgehead atoms. The zero-order chi connectivity index (χ0) is 7.49. The Labute approximate surface area is 55.3 Å². The molecular weight excluding hydrogens is 139 g/mol. The van der Waals surface area contributed by atoms with Crippen molar-refractivity contribution >= 4 is 7.60 Å². The highest BCUT2D eigenvalue weighted by Crippen LogP contribution is 2.33. The second-order valence-electron chi connectivity index (χ2n) is 2.18. The first-order valence-corrected chi connectivity index (χ1v) is 4.61. The van der Waals surface area contributed by atoms with Gasteiger partial charge in [0.25, 0.3) is 0 Å². The first-order valence-electron chi connectivity index (χ1n) is 3.00. The van der Waals surface area contributed by atoms with Gasteiger partial charge in [0.15, 0.2) is 0 Å². The third kappa shape index (κ3) is 3.68. The lowest BCUT2D eigenvalue weighted by Crippen LogP contribution is -2.23. The Kier molecular flexibility index (Phi) is 3.41. The molecule has 4 heteroatoms. The van der Waals surface area contributed by atoms with Gasteiger partial charge in [-0.05, 0) is 12.1 Å². The van der Waals surface area contributed by atoms with Gasteiger partial charge in [-0.1, -0.05) is 27.9 Å². The standard InChI is InChI=1S/C5H13O3P/c1-3-4-5(2)9(6,7)8/h5H,3-4H2,1-2H3,(H2,6,7,8)/p-2. The Bertz CT molecular complexity index is 117. The molecule has 0 aliphatic heterocycles. The van der Waals surface area contributed by atoms with Crippen LogP contribution < -0.4 is 9.79 Å². The molecule has 3 nitrogen and oxygen atoms in total. The lowest BCUT2D eigenvalue weighted by Gasteiger charge is -2.35. The van der Waals surface area contributed by atoms with E-state index in [-0.39, 0.29) is 0 Å². The molecule has 0 amide bonds. The molecule has 0 aromatic carbocycles. The van der Waals surface area contributed by atoms with Crippen molar-refractivity contribution in [1.82, 2.24) is 0 Å². The number of hydrogen-bond acceptors (Lipinski definition) is 3. The van der Waals surface area contributed by atoms with Crippen molar-refractivity contribution < 1.29 is 14.4 Å². The quantitative estimate of drug-likeness (QED) is 0.535. The van der Waals surface area contributed by atoms with Gasteiger partial charge in [0, 0.05) is 0 Å². The number of rotatable bonds is 3. The molecule has 1 unspecified atom stereocenters. The van der Waals surface area contributed by atoms with E-state index in [0.717, 1.165) is 6.42 Å². The van der Waals surface area contributed by atoms with E-state index in [0.29, 0.717) is 6.42 Å². The van der Waals surface area contributed by atoms with Crippen molar-refractivity contribution in [3.05, 3.63) is 0 Å². The molecule has 0 fully saturated rings. The van der Waals surface area contributed by atoms with E-state index in [1.165, 1.54) is 6.92 Å². The van der Waals surface area contributed by atoms with Gasteiger partial charge in [0.1, 0.15) is 0 Å². The fraction of sp³-hybridized carbons (Fsp3) is 1.00. The van der Waals surface area contributed by atoms with Gasteiger partial charge in [0.05, 0.1) is 0 Å². The molecule has 1 atom stereocenters. The van der Waals surface area contributed by atoms with Crippen LogP contribution in [-0.4, -0.2) is 5.66 Å². The van der Waals surface area contributed by atoms with Gasteiger partial charge in [-0.15, -0.1) is 0 Å². The summed E-state index contributed by atoms with van der Waals surface area (Å²) in [5.41, 5.74) is -0.692. The molecule has 0 aliphatic carbocycles. The van der Waals surface area contributed by atoms with Crippen molar-refractivity contribution in [3.63, 3.8) is 0 Å². The van der Waals surface area contributed by atoms with E-state index in [4.69, 9.17) is 0 Å². The van der Waals surface area contributed by atoms with Gasteiger partial charge in [0.2, 0.25) is 0 Å². The third-order valence-corrected chi connectivity index (χ3v) is 2.58. The fourth-order valence-electron chi connectivity index (χ4n) is 0.576. The van der Waals surface area contributed by atoms with Crippen LogP contribution in [0.15, 0.2) is 0 Å². The molecule has 0 radical (unpaired) electrons. The highest BCUT2D eigenvalue weighted by molar-refractivity contribution is 7.49. The molecule has 0 heterocycles. The Morgan fingerprint density at radius 1 is 1.56 bits per heavy atom. The average Bonchev–Trinajstić information content (AvgIpc) is 1.64. The van der Waals surface area contributed by atoms with E-state index < -0.39 is 13.3 Å². The van der Waals surface area contributed by atoms with Gasteiger partial charge < -0.3 is 14.4 Å². The van der Waals surface area contributed by atoms with Crippen molar-refractivity contribution in [2.75, 3.05) is 0 Å². The molecule has 0 aliphatic rings. The first kappa shape index (κ1) is 9.15. The normalized spacial score (nSPS) is 15.6. The molecule has 0 aromatic heterocycles. The van der Waals surface area contributed by atoms with Crippen LogP contribution in [0.1, 0.15) is 26.7 Å². The minimum Gasteiger partial charge on any atom is -0.811 e. The maximum Gasteiger partial charge on any atom is -0.0163 e. The van der Waals surface area contributed by atoms with E-state index in [1.54, 1.807) is 0 Å². The minimum absolute atomic E-state index is 0.476. The Morgan fingerprint density at radius 3 is 2.11 bits per heavy atom. The summed E-state index contributed by atoms with van der Waals surface area (Å²) in [5, 5.41) is 0. The molecule has 0 spiro atoms. The van der Waals surface area contributed by atoms with E-state index in [9.17, 15) is 14.4 Å². The predicted molar refractivity (Wildman–Crippen MR) is 32.0 cm³/mol. The molecule has 9 heavy (non-hydrogen) atoms. The van der Waals surface area contributed by atoms with Gasteiger partial charge in [-0.25, -0.2) is 0 Å². The first-order chi connectivity index (χ1) is 3.98. The lowest BCUT2D eigenvalue weighted by molar-refractivity contribution is -0.316. The summed E-state index contributed by atoms with van der Waals surface area (Å²) in [7, 11) is -4.27. The summed E-state index contributed by atoms with van der Waals surface area (Å²) >= 11 is 0. The van der Waals surface area contributed by atoms with Crippen molar-refractivity contribution in [2.24, 2.45) is 0 Å². The summed E-state index contributed by atoms with van der Waals surface area (Å²) < 4.78 is 10.2. The van der Waals surface area contributed by atoms with Crippen molar-refractivity contribution in [2.45, 2.75) is 32.3 Å². The van der Waals surface area contributed by atoms with Crippen LogP contribution in [0.4, 0.5) is 0 Å². The summed E-state index contributed by atoms with van der Waals surface area (Å²) in [6, 6.07) is 0. The van der Waals surface area contributed by atoms with E-state index in [1.807, 2.05) is 6.92 Å². The maximum absolute atomic E-state index is 10.2. The summed E-state index contributed by atoms with van der Waals surface area (Å²) in [5.74, 6) is 0. The predicted octanol–water partition coefficient (Wildman–Crippen LogP) is 0.0887. The SMILES string of the molecule is CCCC(C)P(=O)([O-])[O-]. The molecule has 0 saturated carbocycles. The molecule has 0 N–H and O–H groups in total. The van der Waals surface area contributed by atoms with Crippen molar-refractivity contribution in [3.8, 4) is 0 Å². The zero-order valence-electron chi connectivity index (χ0n) is 5.66. The largest absolute Gasteiger partial charge is 0.811 e. The summed E-state index contributed by atoms with van der Waals surface area (Å²) in [6.07, 6.45) is 1.22. The average molecular weight is 150 g/mol. The topological polar surface area (TPSA) is 63.2 Å². The molecule has 0 rings (SSSR count). The smallest absolute Gasteiger partial charge is 0.0163 e. The molecule has 0 aromatic rings. The van der Waals surface area contributed by atoms with Crippen LogP contribution in [0.2, 0.25) is 0 Å². The van der Waals surface area contributed by atoms with Crippen LogP contribution in [0.3, 0.4) is 0 Å². The molecule has 56 valence electrons. The Balaban J connectivity index is 3.74. The van der Waals surface area contributed by atoms with Gasteiger partial charge >= 0.3 is 0 Å². The van der Waals surface area contributed by atoms with Crippen LogP contribution in [0.25, 0.3) is 0 Å². The maximum atomic E-state index is 10.2. The molecule has 0 saturated heterocycles. The van der Waals surface area contributed by atoms with E-state index >= 15 is 0 Å². The van der Waals surface area contributed by atoms with Gasteiger partial charge in [-0.3, -0.25) is 0 Å². The highest BCUT2D eigenvalue weighted by atomic mass is 31.2. The van der Waals surface area contributed by atoms with E-state index in [2.05, 4.69) is 0 Å². The Hall–Kier alpha value is 0.150.